The Hall–Kier alpha value is -3.65. The number of hydrogen-bond donors (Lipinski definition) is 1. The molecule has 0 aliphatic rings. The number of para-hydroxylation sites is 2. The second-order valence-electron chi connectivity index (χ2n) is 6.70. The number of methoxy groups -OCH3 is 1. The van der Waals surface area contributed by atoms with Crippen LogP contribution >= 0.6 is 0 Å². The first-order chi connectivity index (χ1) is 14.9. The Bertz CT molecular complexity index is 1160. The number of nitrogens with one attached hydrogen (secondary N) is 1. The van der Waals surface area contributed by atoms with Crippen LogP contribution in [0, 0.1) is 6.92 Å². The fraction of sp³-hybridized carbons (Fsp3) is 0.130. The molecule has 0 bridgehead atoms. The average Bonchev–Trinajstić information content (AvgIpc) is 2.78. The molecule has 1 N–H and O–H groups in total. The van der Waals surface area contributed by atoms with Crippen LogP contribution in [0.5, 0.6) is 5.75 Å². The van der Waals surface area contributed by atoms with Crippen LogP contribution in [0.15, 0.2) is 88.9 Å². The van der Waals surface area contributed by atoms with Crippen LogP contribution in [0.1, 0.15) is 11.1 Å². The lowest BCUT2D eigenvalue weighted by Crippen LogP contribution is -2.39. The van der Waals surface area contributed by atoms with Gasteiger partial charge < -0.3 is 4.74 Å². The number of amides is 1. The zero-order chi connectivity index (χ0) is 22.3. The topological polar surface area (TPSA) is 88.1 Å². The van der Waals surface area contributed by atoms with Gasteiger partial charge in [-0.15, -0.1) is 0 Å². The molecular weight excluding hydrogens is 414 g/mol. The molecule has 0 unspecified atom stereocenters. The highest BCUT2D eigenvalue weighted by Crippen LogP contribution is 2.23. The third kappa shape index (κ3) is 5.49. The maximum Gasteiger partial charge on any atom is 0.264 e. The van der Waals surface area contributed by atoms with Crippen molar-refractivity contribution >= 4 is 27.8 Å². The van der Waals surface area contributed by atoms with Crippen LogP contribution in [0.2, 0.25) is 0 Å². The largest absolute Gasteiger partial charge is 0.496 e. The minimum absolute atomic E-state index is 0.104. The molecule has 1 amide bonds. The van der Waals surface area contributed by atoms with Gasteiger partial charge in [0, 0.05) is 5.56 Å². The van der Waals surface area contributed by atoms with E-state index < -0.39 is 22.5 Å². The van der Waals surface area contributed by atoms with Crippen molar-refractivity contribution < 1.29 is 17.9 Å². The van der Waals surface area contributed by atoms with Crippen molar-refractivity contribution in [2.45, 2.75) is 11.8 Å². The molecule has 7 nitrogen and oxygen atoms in total. The molecule has 0 aromatic heterocycles. The second-order valence-corrected chi connectivity index (χ2v) is 8.56. The summed E-state index contributed by atoms with van der Waals surface area (Å²) in [5.41, 5.74) is 4.38. The quantitative estimate of drug-likeness (QED) is 0.432. The molecular formula is C23H23N3O4S. The highest BCUT2D eigenvalue weighted by molar-refractivity contribution is 7.92. The normalized spacial score (nSPS) is 11.3. The molecule has 3 rings (SSSR count). The number of hydrogen-bond acceptors (Lipinski definition) is 5. The number of hydrazone groups is 1. The van der Waals surface area contributed by atoms with E-state index in [9.17, 15) is 13.2 Å². The van der Waals surface area contributed by atoms with E-state index >= 15 is 0 Å². The Balaban J connectivity index is 1.81. The maximum atomic E-state index is 13.2. The van der Waals surface area contributed by atoms with Gasteiger partial charge in [-0.25, -0.2) is 13.8 Å². The summed E-state index contributed by atoms with van der Waals surface area (Å²) in [6.07, 6.45) is 1.44. The molecule has 160 valence electrons. The van der Waals surface area contributed by atoms with Crippen LogP contribution in [0.25, 0.3) is 0 Å². The molecule has 8 heteroatoms. The lowest BCUT2D eigenvalue weighted by atomic mass is 10.2. The van der Waals surface area contributed by atoms with Gasteiger partial charge in [-0.1, -0.05) is 48.0 Å². The van der Waals surface area contributed by atoms with E-state index in [1.807, 2.05) is 19.1 Å². The Labute approximate surface area is 182 Å². The lowest BCUT2D eigenvalue weighted by molar-refractivity contribution is -0.119. The predicted molar refractivity (Wildman–Crippen MR) is 121 cm³/mol. The van der Waals surface area contributed by atoms with Crippen molar-refractivity contribution in [3.05, 3.63) is 90.0 Å². The number of carbonyl (C=O) groups is 1. The molecule has 0 fully saturated rings. The van der Waals surface area contributed by atoms with Gasteiger partial charge in [0.2, 0.25) is 0 Å². The van der Waals surface area contributed by atoms with Gasteiger partial charge in [0.25, 0.3) is 15.9 Å². The van der Waals surface area contributed by atoms with E-state index in [1.165, 1.54) is 18.3 Å². The minimum Gasteiger partial charge on any atom is -0.496 e. The van der Waals surface area contributed by atoms with Crippen molar-refractivity contribution in [3.63, 3.8) is 0 Å². The summed E-state index contributed by atoms with van der Waals surface area (Å²) in [6, 6.07) is 22.2. The highest BCUT2D eigenvalue weighted by atomic mass is 32.2. The number of ether oxygens (including phenoxy) is 1. The van der Waals surface area contributed by atoms with Gasteiger partial charge in [-0.2, -0.15) is 5.10 Å². The Morgan fingerprint density at radius 2 is 1.65 bits per heavy atom. The third-order valence-corrected chi connectivity index (χ3v) is 6.26. The number of nitrogens with zero attached hydrogens (tertiary/aromatic N) is 2. The summed E-state index contributed by atoms with van der Waals surface area (Å²) in [5, 5.41) is 3.94. The number of sulfonamides is 1. The molecule has 0 saturated heterocycles. The number of aryl methyl sites for hydroxylation is 1. The van der Waals surface area contributed by atoms with Gasteiger partial charge in [-0.3, -0.25) is 9.10 Å². The molecule has 0 aliphatic heterocycles. The Morgan fingerprint density at radius 1 is 1.00 bits per heavy atom. The number of rotatable bonds is 8. The lowest BCUT2D eigenvalue weighted by Gasteiger charge is -2.23. The Kier molecular flexibility index (Phi) is 7.04. The van der Waals surface area contributed by atoms with Gasteiger partial charge in [0.15, 0.2) is 0 Å². The summed E-state index contributed by atoms with van der Waals surface area (Å²) in [6.45, 7) is 1.45. The number of carbonyl (C=O) groups excluding carboxylic acids is 1. The van der Waals surface area contributed by atoms with Gasteiger partial charge in [0.1, 0.15) is 12.3 Å². The fourth-order valence-electron chi connectivity index (χ4n) is 2.86. The first kappa shape index (κ1) is 22.0. The molecule has 3 aromatic carbocycles. The van der Waals surface area contributed by atoms with E-state index in [0.29, 0.717) is 17.0 Å². The summed E-state index contributed by atoms with van der Waals surface area (Å²) in [4.78, 5) is 12.6. The molecule has 0 heterocycles. The maximum absolute atomic E-state index is 13.2. The van der Waals surface area contributed by atoms with Crippen LogP contribution in [-0.4, -0.2) is 34.2 Å². The van der Waals surface area contributed by atoms with E-state index in [1.54, 1.807) is 61.7 Å². The molecule has 3 aromatic rings. The van der Waals surface area contributed by atoms with Gasteiger partial charge >= 0.3 is 0 Å². The monoisotopic (exact) mass is 437 g/mol. The first-order valence-corrected chi connectivity index (χ1v) is 10.9. The zero-order valence-corrected chi connectivity index (χ0v) is 18.0. The van der Waals surface area contributed by atoms with Crippen molar-refractivity contribution in [2.75, 3.05) is 18.0 Å². The standard InChI is InChI=1S/C23H23N3O4S/c1-18-12-14-21(15-13-18)31(28,29)26(20-9-4-3-5-10-20)17-23(27)25-24-16-19-8-6-7-11-22(19)30-2/h3-16H,17H2,1-2H3,(H,25,27)/b24-16-. The van der Waals surface area contributed by atoms with Gasteiger partial charge in [0.05, 0.1) is 23.9 Å². The van der Waals surface area contributed by atoms with Crippen LogP contribution < -0.4 is 14.5 Å². The predicted octanol–water partition coefficient (Wildman–Crippen LogP) is 3.35. The Morgan fingerprint density at radius 3 is 2.32 bits per heavy atom. The van der Waals surface area contributed by atoms with Crippen molar-refractivity contribution in [1.82, 2.24) is 5.43 Å². The van der Waals surface area contributed by atoms with Crippen LogP contribution in [0.4, 0.5) is 5.69 Å². The van der Waals surface area contributed by atoms with Crippen LogP contribution in [0.3, 0.4) is 0 Å². The SMILES string of the molecule is COc1ccccc1/C=N\NC(=O)CN(c1ccccc1)S(=O)(=O)c1ccc(C)cc1. The van der Waals surface area contributed by atoms with E-state index in [0.717, 1.165) is 9.87 Å². The molecule has 31 heavy (non-hydrogen) atoms. The van der Waals surface area contributed by atoms with E-state index in [-0.39, 0.29) is 4.90 Å². The smallest absolute Gasteiger partial charge is 0.264 e. The van der Waals surface area contributed by atoms with Gasteiger partial charge in [-0.05, 0) is 43.3 Å². The third-order valence-electron chi connectivity index (χ3n) is 4.47. The average molecular weight is 438 g/mol. The molecule has 0 spiro atoms. The zero-order valence-electron chi connectivity index (χ0n) is 17.2. The molecule has 0 atom stereocenters. The summed E-state index contributed by atoms with van der Waals surface area (Å²) in [7, 11) is -2.41. The van der Waals surface area contributed by atoms with Crippen LogP contribution in [-0.2, 0) is 14.8 Å². The molecule has 0 radical (unpaired) electrons. The number of anilines is 1. The van der Waals surface area contributed by atoms with E-state index in [4.69, 9.17) is 4.74 Å². The second kappa shape index (κ2) is 9.90. The van der Waals surface area contributed by atoms with Crippen molar-refractivity contribution in [3.8, 4) is 5.75 Å². The highest BCUT2D eigenvalue weighted by Gasteiger charge is 2.27. The number of benzene rings is 3. The summed E-state index contributed by atoms with van der Waals surface area (Å²) < 4.78 is 32.8. The van der Waals surface area contributed by atoms with E-state index in [2.05, 4.69) is 10.5 Å². The molecule has 0 saturated carbocycles. The van der Waals surface area contributed by atoms with Crippen molar-refractivity contribution in [2.24, 2.45) is 5.10 Å². The fourth-order valence-corrected chi connectivity index (χ4v) is 4.28. The minimum atomic E-state index is -3.95. The molecule has 0 aliphatic carbocycles. The summed E-state index contributed by atoms with van der Waals surface area (Å²) in [5.74, 6) is 0.0269. The van der Waals surface area contributed by atoms with Crippen molar-refractivity contribution in [1.29, 1.82) is 0 Å². The first-order valence-electron chi connectivity index (χ1n) is 9.51. The summed E-state index contributed by atoms with van der Waals surface area (Å²) >= 11 is 0.